The predicted octanol–water partition coefficient (Wildman–Crippen LogP) is 4.77. The summed E-state index contributed by atoms with van der Waals surface area (Å²) in [5.74, 6) is 1.57. The largest absolute Gasteiger partial charge is 0.489 e. The van der Waals surface area contributed by atoms with Gasteiger partial charge in [-0.3, -0.25) is 0 Å². The van der Waals surface area contributed by atoms with Gasteiger partial charge in [-0.15, -0.1) is 0 Å². The van der Waals surface area contributed by atoms with Gasteiger partial charge < -0.3 is 10.1 Å². The second-order valence-corrected chi connectivity index (χ2v) is 6.50. The van der Waals surface area contributed by atoms with Crippen LogP contribution in [0.1, 0.15) is 25.0 Å². The average Bonchev–Trinajstić information content (AvgIpc) is 2.47. The number of hydrogen-bond donors (Lipinski definition) is 1. The van der Waals surface area contributed by atoms with Crippen LogP contribution >= 0.6 is 15.9 Å². The minimum absolute atomic E-state index is 0.597. The average molecular weight is 348 g/mol. The SMILES string of the molecule is CC(C)CNCc1cccc(COc2ccc(Br)cc2)c1. The summed E-state index contributed by atoms with van der Waals surface area (Å²) in [5, 5.41) is 3.46. The lowest BCUT2D eigenvalue weighted by atomic mass is 10.1. The van der Waals surface area contributed by atoms with E-state index in [2.05, 4.69) is 59.4 Å². The first-order valence-corrected chi connectivity index (χ1v) is 8.09. The zero-order valence-corrected chi connectivity index (χ0v) is 14.2. The molecule has 0 atom stereocenters. The summed E-state index contributed by atoms with van der Waals surface area (Å²) in [6.45, 7) is 6.98. The Kier molecular flexibility index (Phi) is 6.27. The molecule has 0 fully saturated rings. The molecule has 0 unspecified atom stereocenters. The molecule has 0 saturated carbocycles. The minimum atomic E-state index is 0.597. The van der Waals surface area contributed by atoms with E-state index in [1.807, 2.05) is 24.3 Å². The van der Waals surface area contributed by atoms with Crippen LogP contribution in [0.25, 0.3) is 0 Å². The summed E-state index contributed by atoms with van der Waals surface area (Å²) in [4.78, 5) is 0. The van der Waals surface area contributed by atoms with Crippen LogP contribution in [-0.4, -0.2) is 6.54 Å². The quantitative estimate of drug-likeness (QED) is 0.778. The van der Waals surface area contributed by atoms with E-state index in [-0.39, 0.29) is 0 Å². The lowest BCUT2D eigenvalue weighted by molar-refractivity contribution is 0.306. The maximum Gasteiger partial charge on any atom is 0.119 e. The molecule has 0 saturated heterocycles. The Morgan fingerprint density at radius 3 is 2.48 bits per heavy atom. The van der Waals surface area contributed by atoms with E-state index in [4.69, 9.17) is 4.74 Å². The van der Waals surface area contributed by atoms with Crippen LogP contribution in [0.4, 0.5) is 0 Å². The monoisotopic (exact) mass is 347 g/mol. The Labute approximate surface area is 135 Å². The van der Waals surface area contributed by atoms with Gasteiger partial charge in [0.2, 0.25) is 0 Å². The molecule has 0 spiro atoms. The molecule has 0 aromatic heterocycles. The van der Waals surface area contributed by atoms with Gasteiger partial charge in [0.05, 0.1) is 0 Å². The van der Waals surface area contributed by atoms with E-state index in [0.29, 0.717) is 12.5 Å². The first-order valence-electron chi connectivity index (χ1n) is 7.30. The molecule has 0 radical (unpaired) electrons. The zero-order valence-electron chi connectivity index (χ0n) is 12.6. The van der Waals surface area contributed by atoms with Crippen molar-refractivity contribution in [2.75, 3.05) is 6.54 Å². The van der Waals surface area contributed by atoms with Gasteiger partial charge >= 0.3 is 0 Å². The highest BCUT2D eigenvalue weighted by atomic mass is 79.9. The molecule has 0 aliphatic carbocycles. The topological polar surface area (TPSA) is 21.3 Å². The fourth-order valence-electron chi connectivity index (χ4n) is 2.03. The fraction of sp³-hybridized carbons (Fsp3) is 0.333. The van der Waals surface area contributed by atoms with Crippen molar-refractivity contribution in [3.05, 3.63) is 64.1 Å². The Morgan fingerprint density at radius 2 is 1.76 bits per heavy atom. The molecular formula is C18H22BrNO. The number of nitrogens with one attached hydrogen (secondary N) is 1. The summed E-state index contributed by atoms with van der Waals surface area (Å²) in [7, 11) is 0. The van der Waals surface area contributed by atoms with E-state index < -0.39 is 0 Å². The zero-order chi connectivity index (χ0) is 15.1. The molecule has 3 heteroatoms. The van der Waals surface area contributed by atoms with E-state index in [1.165, 1.54) is 11.1 Å². The Hall–Kier alpha value is -1.32. The van der Waals surface area contributed by atoms with Gasteiger partial charge in [0, 0.05) is 11.0 Å². The normalized spacial score (nSPS) is 10.9. The van der Waals surface area contributed by atoms with Crippen molar-refractivity contribution in [3.63, 3.8) is 0 Å². The van der Waals surface area contributed by atoms with Crippen LogP contribution in [0.15, 0.2) is 53.0 Å². The van der Waals surface area contributed by atoms with Crippen molar-refractivity contribution in [3.8, 4) is 5.75 Å². The van der Waals surface area contributed by atoms with Gasteiger partial charge in [-0.25, -0.2) is 0 Å². The highest BCUT2D eigenvalue weighted by Crippen LogP contribution is 2.17. The molecule has 0 heterocycles. The third kappa shape index (κ3) is 5.90. The molecule has 0 aliphatic heterocycles. The Bertz CT molecular complexity index is 551. The summed E-state index contributed by atoms with van der Waals surface area (Å²) in [5.41, 5.74) is 2.49. The van der Waals surface area contributed by atoms with E-state index in [1.54, 1.807) is 0 Å². The number of ether oxygens (including phenoxy) is 1. The molecule has 2 aromatic carbocycles. The molecular weight excluding hydrogens is 326 g/mol. The highest BCUT2D eigenvalue weighted by molar-refractivity contribution is 9.10. The van der Waals surface area contributed by atoms with Crippen LogP contribution < -0.4 is 10.1 Å². The Morgan fingerprint density at radius 1 is 1.05 bits per heavy atom. The molecule has 0 bridgehead atoms. The summed E-state index contributed by atoms with van der Waals surface area (Å²) >= 11 is 3.42. The van der Waals surface area contributed by atoms with Gasteiger partial charge in [-0.05, 0) is 47.9 Å². The molecule has 1 N–H and O–H groups in total. The molecule has 0 amide bonds. The van der Waals surface area contributed by atoms with Crippen molar-refractivity contribution in [1.82, 2.24) is 5.32 Å². The first kappa shape index (κ1) is 16.1. The molecule has 112 valence electrons. The van der Waals surface area contributed by atoms with Gasteiger partial charge in [-0.2, -0.15) is 0 Å². The van der Waals surface area contributed by atoms with Crippen LogP contribution in [0.2, 0.25) is 0 Å². The van der Waals surface area contributed by atoms with E-state index in [0.717, 1.165) is 23.3 Å². The minimum Gasteiger partial charge on any atom is -0.489 e. The third-order valence-electron chi connectivity index (χ3n) is 3.09. The maximum atomic E-state index is 5.80. The van der Waals surface area contributed by atoms with Crippen LogP contribution in [0.3, 0.4) is 0 Å². The maximum absolute atomic E-state index is 5.80. The van der Waals surface area contributed by atoms with Crippen LogP contribution in [-0.2, 0) is 13.2 Å². The number of hydrogen-bond acceptors (Lipinski definition) is 2. The standard InChI is InChI=1S/C18H22BrNO/c1-14(2)11-20-12-15-4-3-5-16(10-15)13-21-18-8-6-17(19)7-9-18/h3-10,14,20H,11-13H2,1-2H3. The third-order valence-corrected chi connectivity index (χ3v) is 3.62. The first-order chi connectivity index (χ1) is 10.1. The van der Waals surface area contributed by atoms with Gasteiger partial charge in [0.15, 0.2) is 0 Å². The van der Waals surface area contributed by atoms with E-state index in [9.17, 15) is 0 Å². The summed E-state index contributed by atoms with van der Waals surface area (Å²) < 4.78 is 6.87. The molecule has 2 rings (SSSR count). The highest BCUT2D eigenvalue weighted by Gasteiger charge is 1.99. The predicted molar refractivity (Wildman–Crippen MR) is 91.5 cm³/mol. The van der Waals surface area contributed by atoms with Gasteiger partial charge in [-0.1, -0.05) is 54.0 Å². The molecule has 2 aromatic rings. The number of benzene rings is 2. The lowest BCUT2D eigenvalue weighted by Gasteiger charge is -2.10. The van der Waals surface area contributed by atoms with Gasteiger partial charge in [0.25, 0.3) is 0 Å². The van der Waals surface area contributed by atoms with E-state index >= 15 is 0 Å². The van der Waals surface area contributed by atoms with Crippen LogP contribution in [0.5, 0.6) is 5.75 Å². The number of rotatable bonds is 7. The molecule has 0 aliphatic rings. The molecule has 2 nitrogen and oxygen atoms in total. The van der Waals surface area contributed by atoms with Crippen molar-refractivity contribution < 1.29 is 4.74 Å². The number of halogens is 1. The smallest absolute Gasteiger partial charge is 0.119 e. The summed E-state index contributed by atoms with van der Waals surface area (Å²) in [6.07, 6.45) is 0. The van der Waals surface area contributed by atoms with Crippen molar-refractivity contribution in [2.45, 2.75) is 27.0 Å². The second kappa shape index (κ2) is 8.20. The van der Waals surface area contributed by atoms with Crippen LogP contribution in [0, 0.1) is 5.92 Å². The van der Waals surface area contributed by atoms with Gasteiger partial charge in [0.1, 0.15) is 12.4 Å². The van der Waals surface area contributed by atoms with Crippen molar-refractivity contribution in [2.24, 2.45) is 5.92 Å². The van der Waals surface area contributed by atoms with Crippen molar-refractivity contribution in [1.29, 1.82) is 0 Å². The fourth-order valence-corrected chi connectivity index (χ4v) is 2.30. The Balaban J connectivity index is 1.87. The lowest BCUT2D eigenvalue weighted by Crippen LogP contribution is -2.19. The molecule has 21 heavy (non-hydrogen) atoms. The summed E-state index contributed by atoms with van der Waals surface area (Å²) in [6, 6.07) is 16.5. The second-order valence-electron chi connectivity index (χ2n) is 5.59. The van der Waals surface area contributed by atoms with Crippen molar-refractivity contribution >= 4 is 15.9 Å².